The molecule has 1 aromatic heterocycles. The molecular formula is C14H12Cl2N4OS. The highest BCUT2D eigenvalue weighted by atomic mass is 35.5. The number of rotatable bonds is 6. The Morgan fingerprint density at radius 1 is 1.36 bits per heavy atom. The molecule has 0 saturated heterocycles. The van der Waals surface area contributed by atoms with E-state index in [1.807, 2.05) is 12.4 Å². The number of ether oxygens (including phenoxy) is 1. The van der Waals surface area contributed by atoms with Crippen LogP contribution in [0.25, 0.3) is 0 Å². The van der Waals surface area contributed by atoms with Gasteiger partial charge in [0, 0.05) is 24.2 Å². The van der Waals surface area contributed by atoms with Gasteiger partial charge in [-0.05, 0) is 30.1 Å². The third-order valence-electron chi connectivity index (χ3n) is 2.60. The lowest BCUT2D eigenvalue weighted by atomic mass is 10.3. The minimum atomic E-state index is 0.338. The molecule has 1 N–H and O–H groups in total. The molecule has 0 atom stereocenters. The number of nitriles is 1. The zero-order valence-electron chi connectivity index (χ0n) is 11.6. The second-order valence-corrected chi connectivity index (χ2v) is 5.66. The van der Waals surface area contributed by atoms with Crippen LogP contribution in [0.15, 0.2) is 36.5 Å². The zero-order chi connectivity index (χ0) is 15.9. The third kappa shape index (κ3) is 4.34. The molecule has 1 heterocycles. The van der Waals surface area contributed by atoms with Gasteiger partial charge in [-0.2, -0.15) is 5.26 Å². The van der Waals surface area contributed by atoms with E-state index in [2.05, 4.69) is 10.3 Å². The van der Waals surface area contributed by atoms with E-state index in [4.69, 9.17) is 33.2 Å². The molecule has 0 aliphatic rings. The number of anilines is 1. The van der Waals surface area contributed by atoms with Crippen LogP contribution >= 0.6 is 35.1 Å². The van der Waals surface area contributed by atoms with Crippen molar-refractivity contribution in [2.24, 2.45) is 0 Å². The first-order valence-electron chi connectivity index (χ1n) is 6.17. The number of benzene rings is 1. The second-order valence-electron chi connectivity index (χ2n) is 4.04. The lowest BCUT2D eigenvalue weighted by Crippen LogP contribution is -2.17. The largest absolute Gasteiger partial charge is 0.436 e. The predicted octanol–water partition coefficient (Wildman–Crippen LogP) is 4.61. The van der Waals surface area contributed by atoms with Crippen molar-refractivity contribution < 1.29 is 4.74 Å². The van der Waals surface area contributed by atoms with Crippen LogP contribution in [0.2, 0.25) is 10.0 Å². The van der Waals surface area contributed by atoms with Crippen molar-refractivity contribution in [3.8, 4) is 17.8 Å². The first-order valence-corrected chi connectivity index (χ1v) is 8.11. The summed E-state index contributed by atoms with van der Waals surface area (Å²) in [6.45, 7) is 0.338. The van der Waals surface area contributed by atoms with Gasteiger partial charge < -0.3 is 10.1 Å². The smallest absolute Gasteiger partial charge is 0.219 e. The maximum absolute atomic E-state index is 8.86. The number of hydrogen-bond donors (Lipinski definition) is 1. The number of nitrogens with one attached hydrogen (secondary N) is 1. The summed E-state index contributed by atoms with van der Waals surface area (Å²) in [7, 11) is 0. The number of aromatic nitrogens is 1. The highest BCUT2D eigenvalue weighted by Crippen LogP contribution is 2.38. The number of halogens is 2. The molecule has 0 unspecified atom stereocenters. The summed E-state index contributed by atoms with van der Waals surface area (Å²) < 4.78 is 7.07. The molecule has 0 aliphatic heterocycles. The molecule has 0 bridgehead atoms. The van der Waals surface area contributed by atoms with Gasteiger partial charge in [0.25, 0.3) is 0 Å². The van der Waals surface area contributed by atoms with Gasteiger partial charge in [-0.1, -0.05) is 29.3 Å². The Labute approximate surface area is 142 Å². The van der Waals surface area contributed by atoms with E-state index in [-0.39, 0.29) is 0 Å². The lowest BCUT2D eigenvalue weighted by Gasteiger charge is -2.15. The van der Waals surface area contributed by atoms with Crippen molar-refractivity contribution in [1.82, 2.24) is 9.29 Å². The normalized spacial score (nSPS) is 9.91. The lowest BCUT2D eigenvalue weighted by molar-refractivity contribution is 0.463. The van der Waals surface area contributed by atoms with E-state index in [9.17, 15) is 0 Å². The third-order valence-corrected chi connectivity index (χ3v) is 3.81. The van der Waals surface area contributed by atoms with E-state index >= 15 is 0 Å². The van der Waals surface area contributed by atoms with E-state index in [1.54, 1.807) is 36.5 Å². The van der Waals surface area contributed by atoms with Gasteiger partial charge in [0.2, 0.25) is 5.88 Å². The van der Waals surface area contributed by atoms with Crippen molar-refractivity contribution in [2.75, 3.05) is 18.2 Å². The fourth-order valence-electron chi connectivity index (χ4n) is 1.58. The summed E-state index contributed by atoms with van der Waals surface area (Å²) in [5.41, 5.74) is 0.692. The Balaban J connectivity index is 2.13. The van der Waals surface area contributed by atoms with Gasteiger partial charge in [0.1, 0.15) is 6.67 Å². The van der Waals surface area contributed by atoms with E-state index in [0.717, 1.165) is 0 Å². The molecular weight excluding hydrogens is 343 g/mol. The summed E-state index contributed by atoms with van der Waals surface area (Å²) in [4.78, 5) is 4.06. The van der Waals surface area contributed by atoms with Crippen molar-refractivity contribution in [3.63, 3.8) is 0 Å². The van der Waals surface area contributed by atoms with Crippen molar-refractivity contribution in [3.05, 3.63) is 46.6 Å². The van der Waals surface area contributed by atoms with Crippen LogP contribution in [-0.4, -0.2) is 22.2 Å². The summed E-state index contributed by atoms with van der Waals surface area (Å²) in [5, 5.41) is 12.6. The molecule has 0 saturated carbocycles. The first kappa shape index (κ1) is 16.6. The van der Waals surface area contributed by atoms with Gasteiger partial charge >= 0.3 is 0 Å². The minimum absolute atomic E-state index is 0.338. The Morgan fingerprint density at radius 3 is 2.64 bits per heavy atom. The molecule has 2 aromatic rings. The molecule has 5 nitrogen and oxygen atoms in total. The molecule has 2 rings (SSSR count). The van der Waals surface area contributed by atoms with Crippen LogP contribution in [0.3, 0.4) is 0 Å². The van der Waals surface area contributed by atoms with E-state index < -0.39 is 0 Å². The standard InChI is InChI=1S/C14H12Cl2N4OS/c1-22-20(8-17)9-19-10-6-11(15)14(12(16)7-10)21-13-4-2-3-5-18-13/h2-7,19H,9H2,1H3. The van der Waals surface area contributed by atoms with Gasteiger partial charge in [0.15, 0.2) is 11.9 Å². The van der Waals surface area contributed by atoms with Crippen LogP contribution in [0.1, 0.15) is 0 Å². The fraction of sp³-hybridized carbons (Fsp3) is 0.143. The second kappa shape index (κ2) is 7.99. The van der Waals surface area contributed by atoms with Crippen LogP contribution in [0.4, 0.5) is 5.69 Å². The Morgan fingerprint density at radius 2 is 2.09 bits per heavy atom. The van der Waals surface area contributed by atoms with Crippen LogP contribution in [0, 0.1) is 11.5 Å². The molecule has 0 spiro atoms. The summed E-state index contributed by atoms with van der Waals surface area (Å²) >= 11 is 13.7. The van der Waals surface area contributed by atoms with Gasteiger partial charge in [-0.3, -0.25) is 0 Å². The van der Waals surface area contributed by atoms with E-state index in [1.165, 1.54) is 16.3 Å². The average Bonchev–Trinajstić information content (AvgIpc) is 2.53. The highest BCUT2D eigenvalue weighted by Gasteiger charge is 2.12. The number of pyridine rings is 1. The van der Waals surface area contributed by atoms with Gasteiger partial charge in [-0.15, -0.1) is 0 Å². The molecule has 0 aliphatic carbocycles. The molecule has 114 valence electrons. The molecule has 8 heteroatoms. The molecule has 0 fully saturated rings. The summed E-state index contributed by atoms with van der Waals surface area (Å²) in [5.74, 6) is 0.750. The molecule has 0 radical (unpaired) electrons. The molecule has 0 amide bonds. The zero-order valence-corrected chi connectivity index (χ0v) is 13.9. The Hall–Kier alpha value is -1.81. The van der Waals surface area contributed by atoms with Crippen LogP contribution in [-0.2, 0) is 0 Å². The molecule has 1 aromatic carbocycles. The van der Waals surface area contributed by atoms with Crippen LogP contribution < -0.4 is 10.1 Å². The Kier molecular flexibility index (Phi) is 6.01. The van der Waals surface area contributed by atoms with Crippen LogP contribution in [0.5, 0.6) is 11.6 Å². The van der Waals surface area contributed by atoms with Crippen molar-refractivity contribution >= 4 is 40.8 Å². The summed E-state index contributed by atoms with van der Waals surface area (Å²) in [6, 6.07) is 8.67. The quantitative estimate of drug-likeness (QED) is 0.353. The monoisotopic (exact) mass is 354 g/mol. The highest BCUT2D eigenvalue weighted by molar-refractivity contribution is 7.96. The average molecular weight is 355 g/mol. The number of nitrogens with zero attached hydrogens (tertiary/aromatic N) is 3. The van der Waals surface area contributed by atoms with Gasteiger partial charge in [-0.25, -0.2) is 9.29 Å². The first-order chi connectivity index (χ1) is 10.6. The predicted molar refractivity (Wildman–Crippen MR) is 90.2 cm³/mol. The Bertz CT molecular complexity index is 655. The fourth-order valence-corrected chi connectivity index (χ4v) is 2.41. The number of hydrogen-bond acceptors (Lipinski definition) is 6. The molecule has 22 heavy (non-hydrogen) atoms. The summed E-state index contributed by atoms with van der Waals surface area (Å²) in [6.07, 6.45) is 5.46. The minimum Gasteiger partial charge on any atom is -0.436 e. The van der Waals surface area contributed by atoms with E-state index in [0.29, 0.717) is 34.0 Å². The maximum atomic E-state index is 8.86. The van der Waals surface area contributed by atoms with Crippen molar-refractivity contribution in [2.45, 2.75) is 0 Å². The topological polar surface area (TPSA) is 61.2 Å². The van der Waals surface area contributed by atoms with Gasteiger partial charge in [0.05, 0.1) is 10.0 Å². The van der Waals surface area contributed by atoms with Crippen molar-refractivity contribution in [1.29, 1.82) is 5.26 Å². The maximum Gasteiger partial charge on any atom is 0.219 e. The SMILES string of the molecule is CSN(C#N)CNc1cc(Cl)c(Oc2ccccn2)c(Cl)c1.